The van der Waals surface area contributed by atoms with Crippen LogP contribution in [0.4, 0.5) is 4.39 Å². The first kappa shape index (κ1) is 18.2. The second kappa shape index (κ2) is 7.08. The van der Waals surface area contributed by atoms with Gasteiger partial charge in [-0.1, -0.05) is 24.3 Å². The predicted molar refractivity (Wildman–Crippen MR) is 104 cm³/mol. The minimum Gasteiger partial charge on any atom is -0.508 e. The summed E-state index contributed by atoms with van der Waals surface area (Å²) in [6.07, 6.45) is 0. The summed E-state index contributed by atoms with van der Waals surface area (Å²) in [4.78, 5) is 0. The molecule has 5 heteroatoms. The van der Waals surface area contributed by atoms with Gasteiger partial charge in [0, 0.05) is 23.0 Å². The molecule has 0 saturated heterocycles. The second-order valence-electron chi connectivity index (χ2n) is 7.01. The lowest BCUT2D eigenvalue weighted by Gasteiger charge is -2.35. The van der Waals surface area contributed by atoms with Gasteiger partial charge in [-0.3, -0.25) is 0 Å². The average molecular weight is 380 g/mol. The van der Waals surface area contributed by atoms with Gasteiger partial charge in [0.15, 0.2) is 11.6 Å². The number of benzene rings is 3. The molecule has 144 valence electrons. The summed E-state index contributed by atoms with van der Waals surface area (Å²) >= 11 is 0. The van der Waals surface area contributed by atoms with Gasteiger partial charge in [0.2, 0.25) is 0 Å². The molecular weight excluding hydrogens is 359 g/mol. The van der Waals surface area contributed by atoms with Crippen LogP contribution in [-0.4, -0.2) is 23.9 Å². The van der Waals surface area contributed by atoms with Crippen LogP contribution in [0.1, 0.15) is 34.1 Å². The van der Waals surface area contributed by atoms with Gasteiger partial charge in [0.05, 0.1) is 13.7 Å². The number of aromatic hydroxyl groups is 2. The van der Waals surface area contributed by atoms with Crippen LogP contribution in [0, 0.1) is 12.7 Å². The molecule has 0 fully saturated rings. The number of fused-ring (bicyclic) bond motifs is 1. The third kappa shape index (κ3) is 3.03. The summed E-state index contributed by atoms with van der Waals surface area (Å²) in [6, 6.07) is 15.4. The quantitative estimate of drug-likeness (QED) is 0.681. The highest BCUT2D eigenvalue weighted by Gasteiger charge is 2.35. The summed E-state index contributed by atoms with van der Waals surface area (Å²) in [5, 5.41) is 19.7. The first-order valence-electron chi connectivity index (χ1n) is 9.07. The molecule has 0 radical (unpaired) electrons. The van der Waals surface area contributed by atoms with Crippen LogP contribution in [-0.2, 0) is 0 Å². The number of phenols is 2. The van der Waals surface area contributed by atoms with Crippen molar-refractivity contribution in [3.63, 3.8) is 0 Å². The molecule has 0 bridgehead atoms. The lowest BCUT2D eigenvalue weighted by Crippen LogP contribution is -2.26. The predicted octanol–water partition coefficient (Wildman–Crippen LogP) is 4.86. The molecule has 28 heavy (non-hydrogen) atoms. The Labute approximate surface area is 162 Å². The van der Waals surface area contributed by atoms with E-state index in [-0.39, 0.29) is 29.1 Å². The molecule has 0 amide bonds. The molecule has 1 heterocycles. The molecule has 1 aliphatic heterocycles. The zero-order valence-electron chi connectivity index (χ0n) is 15.6. The highest BCUT2D eigenvalue weighted by molar-refractivity contribution is 5.55. The summed E-state index contributed by atoms with van der Waals surface area (Å²) < 4.78 is 25.6. The van der Waals surface area contributed by atoms with E-state index in [1.807, 2.05) is 24.3 Å². The van der Waals surface area contributed by atoms with Crippen molar-refractivity contribution in [3.05, 3.63) is 82.7 Å². The van der Waals surface area contributed by atoms with Crippen molar-refractivity contribution in [3.8, 4) is 23.0 Å². The fourth-order valence-electron chi connectivity index (χ4n) is 3.92. The number of ether oxygens (including phenoxy) is 2. The van der Waals surface area contributed by atoms with Gasteiger partial charge in [0.1, 0.15) is 17.2 Å². The van der Waals surface area contributed by atoms with Crippen LogP contribution >= 0.6 is 0 Å². The second-order valence-corrected chi connectivity index (χ2v) is 7.01. The molecule has 4 nitrogen and oxygen atoms in total. The molecule has 3 aromatic carbocycles. The Morgan fingerprint density at radius 3 is 2.39 bits per heavy atom. The maximum atomic E-state index is 14.5. The topological polar surface area (TPSA) is 58.9 Å². The van der Waals surface area contributed by atoms with E-state index >= 15 is 0 Å². The van der Waals surface area contributed by atoms with E-state index in [2.05, 4.69) is 0 Å². The van der Waals surface area contributed by atoms with Crippen molar-refractivity contribution in [1.29, 1.82) is 0 Å². The van der Waals surface area contributed by atoms with E-state index in [4.69, 9.17) is 9.47 Å². The number of methoxy groups -OCH3 is 1. The highest BCUT2D eigenvalue weighted by Crippen LogP contribution is 2.49. The molecule has 0 spiro atoms. The fourth-order valence-corrected chi connectivity index (χ4v) is 3.92. The molecule has 0 unspecified atom stereocenters. The number of phenolic OH excluding ortho intramolecular Hbond substituents is 2. The molecule has 2 N–H and O–H groups in total. The van der Waals surface area contributed by atoms with E-state index in [0.29, 0.717) is 17.9 Å². The zero-order chi connectivity index (χ0) is 19.8. The Hall–Kier alpha value is -3.21. The summed E-state index contributed by atoms with van der Waals surface area (Å²) in [7, 11) is 1.44. The van der Waals surface area contributed by atoms with Gasteiger partial charge in [-0.2, -0.15) is 0 Å². The summed E-state index contributed by atoms with van der Waals surface area (Å²) in [5.41, 5.74) is 3.34. The largest absolute Gasteiger partial charge is 0.508 e. The van der Waals surface area contributed by atoms with Gasteiger partial charge in [-0.25, -0.2) is 4.39 Å². The summed E-state index contributed by atoms with van der Waals surface area (Å²) in [6.45, 7) is 2.18. The molecule has 2 atom stereocenters. The summed E-state index contributed by atoms with van der Waals surface area (Å²) in [5.74, 6) is 0.511. The molecule has 0 aliphatic carbocycles. The smallest absolute Gasteiger partial charge is 0.165 e. The van der Waals surface area contributed by atoms with Crippen molar-refractivity contribution in [2.75, 3.05) is 13.7 Å². The Kier molecular flexibility index (Phi) is 4.59. The molecule has 1 aliphatic rings. The Morgan fingerprint density at radius 2 is 1.71 bits per heavy atom. The monoisotopic (exact) mass is 380 g/mol. The van der Waals surface area contributed by atoms with Gasteiger partial charge in [-0.15, -0.1) is 0 Å². The zero-order valence-corrected chi connectivity index (χ0v) is 15.6. The van der Waals surface area contributed by atoms with Gasteiger partial charge in [-0.05, 0) is 48.4 Å². The average Bonchev–Trinajstić information content (AvgIpc) is 2.70. The van der Waals surface area contributed by atoms with E-state index < -0.39 is 5.82 Å². The fraction of sp³-hybridized carbons (Fsp3) is 0.217. The number of halogens is 1. The van der Waals surface area contributed by atoms with Gasteiger partial charge < -0.3 is 19.7 Å². The first-order chi connectivity index (χ1) is 13.5. The van der Waals surface area contributed by atoms with E-state index in [1.54, 1.807) is 31.2 Å². The number of hydrogen-bond donors (Lipinski definition) is 2. The SMILES string of the molecule is COc1ccc([C@H]2c3ccc(O)c(C)c3OC[C@H]2c2ccc(O)cc2)cc1F. The highest BCUT2D eigenvalue weighted by atomic mass is 19.1. The van der Waals surface area contributed by atoms with E-state index in [0.717, 1.165) is 16.7 Å². The minimum absolute atomic E-state index is 0.0789. The lowest BCUT2D eigenvalue weighted by atomic mass is 9.75. The van der Waals surface area contributed by atoms with E-state index in [9.17, 15) is 14.6 Å². The molecule has 0 saturated carbocycles. The molecule has 4 rings (SSSR count). The maximum absolute atomic E-state index is 14.5. The molecular formula is C23H21FO4. The van der Waals surface area contributed by atoms with Crippen LogP contribution in [0.25, 0.3) is 0 Å². The standard InChI is InChI=1S/C23H21FO4/c1-13-20(26)9-8-17-22(15-5-10-21(27-2)19(24)11-15)18(12-28-23(13)17)14-3-6-16(25)7-4-14/h3-11,18,22,25-26H,12H2,1-2H3/t18-,22-/m0/s1. The van der Waals surface area contributed by atoms with Crippen molar-refractivity contribution < 1.29 is 24.1 Å². The Bertz CT molecular complexity index is 1010. The van der Waals surface area contributed by atoms with Crippen molar-refractivity contribution in [2.45, 2.75) is 18.8 Å². The van der Waals surface area contributed by atoms with Gasteiger partial charge in [0.25, 0.3) is 0 Å². The minimum atomic E-state index is -0.423. The lowest BCUT2D eigenvalue weighted by molar-refractivity contribution is 0.245. The van der Waals surface area contributed by atoms with Crippen LogP contribution in [0.2, 0.25) is 0 Å². The van der Waals surface area contributed by atoms with Crippen LogP contribution in [0.5, 0.6) is 23.0 Å². The van der Waals surface area contributed by atoms with Crippen molar-refractivity contribution in [1.82, 2.24) is 0 Å². The normalized spacial score (nSPS) is 18.2. The third-order valence-electron chi connectivity index (χ3n) is 5.41. The van der Waals surface area contributed by atoms with Crippen molar-refractivity contribution in [2.24, 2.45) is 0 Å². The third-order valence-corrected chi connectivity index (χ3v) is 5.41. The Balaban J connectivity index is 1.88. The van der Waals surface area contributed by atoms with E-state index in [1.165, 1.54) is 13.2 Å². The van der Waals surface area contributed by atoms with Crippen molar-refractivity contribution >= 4 is 0 Å². The van der Waals surface area contributed by atoms with Gasteiger partial charge >= 0.3 is 0 Å². The number of hydrogen-bond acceptors (Lipinski definition) is 4. The molecule has 3 aromatic rings. The first-order valence-corrected chi connectivity index (χ1v) is 9.07. The Morgan fingerprint density at radius 1 is 1.00 bits per heavy atom. The number of rotatable bonds is 3. The van der Waals surface area contributed by atoms with Crippen LogP contribution < -0.4 is 9.47 Å². The van der Waals surface area contributed by atoms with Crippen LogP contribution in [0.3, 0.4) is 0 Å². The molecule has 0 aromatic heterocycles. The maximum Gasteiger partial charge on any atom is 0.165 e. The van der Waals surface area contributed by atoms with Crippen LogP contribution in [0.15, 0.2) is 54.6 Å².